The Bertz CT molecular complexity index is 1100. The van der Waals surface area contributed by atoms with Crippen LogP contribution in [-0.4, -0.2) is 11.2 Å². The van der Waals surface area contributed by atoms with Crippen LogP contribution in [-0.2, 0) is 6.18 Å². The van der Waals surface area contributed by atoms with Crippen molar-refractivity contribution in [3.05, 3.63) is 71.0 Å². The number of halogens is 6. The van der Waals surface area contributed by atoms with Gasteiger partial charge in [-0.1, -0.05) is 30.3 Å². The second-order valence-electron chi connectivity index (χ2n) is 6.48. The summed E-state index contributed by atoms with van der Waals surface area (Å²) in [5.41, 5.74) is -1.52. The van der Waals surface area contributed by atoms with E-state index in [1.807, 2.05) is 0 Å². The normalized spacial score (nSPS) is 14.4. The Morgan fingerprint density at radius 2 is 1.54 bits per heavy atom. The highest BCUT2D eigenvalue weighted by Crippen LogP contribution is 2.47. The first-order valence-corrected chi connectivity index (χ1v) is 8.22. The van der Waals surface area contributed by atoms with Crippen LogP contribution >= 0.6 is 0 Å². The van der Waals surface area contributed by atoms with Crippen LogP contribution in [0.15, 0.2) is 54.2 Å². The molecule has 1 aliphatic rings. The van der Waals surface area contributed by atoms with Gasteiger partial charge in [-0.3, -0.25) is 4.90 Å². The molecule has 0 saturated carbocycles. The number of benzene rings is 2. The first kappa shape index (κ1) is 18.3. The van der Waals surface area contributed by atoms with Crippen molar-refractivity contribution >= 4 is 28.4 Å². The van der Waals surface area contributed by atoms with Crippen molar-refractivity contribution in [2.24, 2.45) is 0 Å². The molecule has 144 valence electrons. The molecule has 2 nitrogen and oxygen atoms in total. The van der Waals surface area contributed by atoms with Gasteiger partial charge >= 0.3 is 12.4 Å². The minimum absolute atomic E-state index is 0.0745. The second-order valence-corrected chi connectivity index (χ2v) is 6.48. The average Bonchev–Trinajstić information content (AvgIpc) is 2.60. The van der Waals surface area contributed by atoms with E-state index in [1.54, 1.807) is 13.0 Å². The molecule has 0 atom stereocenters. The highest BCUT2D eigenvalue weighted by molar-refractivity contribution is 6.04. The molecule has 3 aromatic rings. The highest BCUT2D eigenvalue weighted by Gasteiger charge is 2.43. The topological polar surface area (TPSA) is 16.1 Å². The SMILES string of the molecule is Cc1cc2c3c(nc(C(F)(F)F)cc3c1)N(c1ccccc1)C(C(F)(F)F)=C2. The third-order valence-electron chi connectivity index (χ3n) is 4.43. The number of para-hydroxylation sites is 1. The Morgan fingerprint density at radius 1 is 0.857 bits per heavy atom. The molecule has 8 heteroatoms. The van der Waals surface area contributed by atoms with E-state index in [1.165, 1.54) is 36.4 Å². The number of hydrogen-bond acceptors (Lipinski definition) is 2. The van der Waals surface area contributed by atoms with Crippen LogP contribution in [0.3, 0.4) is 0 Å². The molecule has 0 saturated heterocycles. The van der Waals surface area contributed by atoms with Crippen molar-refractivity contribution in [3.63, 3.8) is 0 Å². The van der Waals surface area contributed by atoms with E-state index < -0.39 is 23.7 Å². The van der Waals surface area contributed by atoms with Crippen molar-refractivity contribution in [1.29, 1.82) is 0 Å². The average molecular weight is 394 g/mol. The lowest BCUT2D eigenvalue weighted by Gasteiger charge is -2.33. The summed E-state index contributed by atoms with van der Waals surface area (Å²) >= 11 is 0. The summed E-state index contributed by atoms with van der Waals surface area (Å²) in [5, 5.41) is 0.432. The second kappa shape index (κ2) is 5.98. The minimum Gasteiger partial charge on any atom is -0.290 e. The van der Waals surface area contributed by atoms with Gasteiger partial charge in [0.2, 0.25) is 0 Å². The van der Waals surface area contributed by atoms with Gasteiger partial charge in [-0.05, 0) is 47.7 Å². The van der Waals surface area contributed by atoms with Crippen LogP contribution in [0.25, 0.3) is 16.8 Å². The van der Waals surface area contributed by atoms with Gasteiger partial charge < -0.3 is 0 Å². The molecule has 0 N–H and O–H groups in total. The number of allylic oxidation sites excluding steroid dienone is 1. The molecular weight excluding hydrogens is 382 g/mol. The molecule has 0 radical (unpaired) electrons. The molecule has 2 aromatic carbocycles. The Morgan fingerprint density at radius 3 is 2.14 bits per heavy atom. The molecule has 1 aliphatic heterocycles. The quantitative estimate of drug-likeness (QED) is 0.432. The van der Waals surface area contributed by atoms with Crippen LogP contribution in [0.1, 0.15) is 16.8 Å². The molecule has 0 amide bonds. The minimum atomic E-state index is -4.80. The molecule has 0 bridgehead atoms. The van der Waals surface area contributed by atoms with Crippen molar-refractivity contribution in [2.45, 2.75) is 19.3 Å². The zero-order valence-corrected chi connectivity index (χ0v) is 14.4. The van der Waals surface area contributed by atoms with E-state index in [9.17, 15) is 26.3 Å². The van der Waals surface area contributed by atoms with Gasteiger partial charge in [0.25, 0.3) is 0 Å². The summed E-state index contributed by atoms with van der Waals surface area (Å²) in [7, 11) is 0. The van der Waals surface area contributed by atoms with Crippen molar-refractivity contribution in [3.8, 4) is 0 Å². The smallest absolute Gasteiger partial charge is 0.290 e. The lowest BCUT2D eigenvalue weighted by molar-refractivity contribution is -0.141. The van der Waals surface area contributed by atoms with E-state index in [-0.39, 0.29) is 27.8 Å². The lowest BCUT2D eigenvalue weighted by atomic mass is 9.96. The highest BCUT2D eigenvalue weighted by atomic mass is 19.4. The van der Waals surface area contributed by atoms with Gasteiger partial charge in [0.1, 0.15) is 17.2 Å². The Hall–Kier alpha value is -3.03. The summed E-state index contributed by atoms with van der Waals surface area (Å²) in [4.78, 5) is 4.35. The van der Waals surface area contributed by atoms with E-state index >= 15 is 0 Å². The largest absolute Gasteiger partial charge is 0.433 e. The third-order valence-corrected chi connectivity index (χ3v) is 4.43. The van der Waals surface area contributed by atoms with E-state index in [0.29, 0.717) is 5.56 Å². The van der Waals surface area contributed by atoms with E-state index in [4.69, 9.17) is 0 Å². The van der Waals surface area contributed by atoms with Gasteiger partial charge in [-0.15, -0.1) is 0 Å². The zero-order chi connectivity index (χ0) is 20.3. The first-order valence-electron chi connectivity index (χ1n) is 8.22. The van der Waals surface area contributed by atoms with Gasteiger partial charge in [0.05, 0.1) is 0 Å². The van der Waals surface area contributed by atoms with Crippen LogP contribution in [0.4, 0.5) is 37.8 Å². The number of nitrogens with zero attached hydrogens (tertiary/aromatic N) is 2. The van der Waals surface area contributed by atoms with Crippen molar-refractivity contribution in [1.82, 2.24) is 4.98 Å². The molecular formula is C20H12F6N2. The number of hydrogen-bond donors (Lipinski definition) is 0. The Labute approximate surface area is 155 Å². The number of aryl methyl sites for hydroxylation is 1. The van der Waals surface area contributed by atoms with Crippen LogP contribution in [0.2, 0.25) is 0 Å². The number of anilines is 2. The monoisotopic (exact) mass is 394 g/mol. The third kappa shape index (κ3) is 2.98. The number of rotatable bonds is 1. The lowest BCUT2D eigenvalue weighted by Crippen LogP contribution is -2.31. The number of pyridine rings is 1. The van der Waals surface area contributed by atoms with E-state index in [0.717, 1.165) is 17.0 Å². The predicted octanol–water partition coefficient (Wildman–Crippen LogP) is 6.62. The summed E-state index contributed by atoms with van der Waals surface area (Å²) < 4.78 is 81.7. The number of aromatic nitrogens is 1. The van der Waals surface area contributed by atoms with Gasteiger partial charge in [0.15, 0.2) is 0 Å². The molecule has 2 heterocycles. The predicted molar refractivity (Wildman–Crippen MR) is 94.1 cm³/mol. The van der Waals surface area contributed by atoms with Crippen molar-refractivity contribution < 1.29 is 26.3 Å². The summed E-state index contributed by atoms with van der Waals surface area (Å²) in [6.07, 6.45) is -8.64. The summed E-state index contributed by atoms with van der Waals surface area (Å²) in [6.45, 7) is 1.62. The fourth-order valence-electron chi connectivity index (χ4n) is 3.36. The fourth-order valence-corrected chi connectivity index (χ4v) is 3.36. The zero-order valence-electron chi connectivity index (χ0n) is 14.4. The van der Waals surface area contributed by atoms with Gasteiger partial charge in [-0.25, -0.2) is 4.98 Å². The van der Waals surface area contributed by atoms with Crippen LogP contribution in [0.5, 0.6) is 0 Å². The van der Waals surface area contributed by atoms with Crippen molar-refractivity contribution in [2.75, 3.05) is 4.90 Å². The van der Waals surface area contributed by atoms with Gasteiger partial charge in [0, 0.05) is 11.1 Å². The molecule has 0 aliphatic carbocycles. The standard InChI is InChI=1S/C20H12F6N2/c1-11-7-12-9-15(19(21,22)23)27-18-17(12)13(8-11)10-16(20(24,25)26)28(18)14-5-3-2-4-6-14/h2-10H,1H3. The fraction of sp³-hybridized carbons (Fsp3) is 0.150. The first-order chi connectivity index (χ1) is 13.1. The molecule has 28 heavy (non-hydrogen) atoms. The molecule has 4 rings (SSSR count). The van der Waals surface area contributed by atoms with Crippen LogP contribution in [0, 0.1) is 6.92 Å². The Kier molecular flexibility index (Phi) is 3.92. The molecule has 1 aromatic heterocycles. The Balaban J connectivity index is 2.13. The van der Waals surface area contributed by atoms with Crippen LogP contribution < -0.4 is 4.90 Å². The summed E-state index contributed by atoms with van der Waals surface area (Å²) in [6, 6.07) is 11.3. The maximum atomic E-state index is 13.8. The molecule has 0 fully saturated rings. The molecule has 0 unspecified atom stereocenters. The van der Waals surface area contributed by atoms with E-state index in [2.05, 4.69) is 4.98 Å². The maximum Gasteiger partial charge on any atom is 0.433 e. The summed E-state index contributed by atoms with van der Waals surface area (Å²) in [5.74, 6) is -0.388. The number of alkyl halides is 6. The maximum absolute atomic E-state index is 13.8. The molecule has 0 spiro atoms. The van der Waals surface area contributed by atoms with Gasteiger partial charge in [-0.2, -0.15) is 26.3 Å².